The van der Waals surface area contributed by atoms with Gasteiger partial charge in [-0.2, -0.15) is 4.31 Å². The monoisotopic (exact) mass is 453 g/mol. The fraction of sp³-hybridized carbons (Fsp3) is 0.400. The highest BCUT2D eigenvalue weighted by atomic mass is 32.2. The number of fused-ring (bicyclic) bond motifs is 1. The van der Waals surface area contributed by atoms with Crippen molar-refractivity contribution in [1.29, 1.82) is 0 Å². The van der Waals surface area contributed by atoms with Crippen LogP contribution in [0.3, 0.4) is 0 Å². The predicted molar refractivity (Wildman–Crippen MR) is 127 cm³/mol. The molecule has 1 saturated heterocycles. The van der Waals surface area contributed by atoms with Crippen molar-refractivity contribution in [3.63, 3.8) is 0 Å². The van der Waals surface area contributed by atoms with Crippen molar-refractivity contribution in [3.8, 4) is 0 Å². The number of rotatable bonds is 7. The first kappa shape index (κ1) is 22.6. The summed E-state index contributed by atoms with van der Waals surface area (Å²) in [4.78, 5) is 13.3. The molecule has 32 heavy (non-hydrogen) atoms. The number of nitrogens with zero attached hydrogens (tertiary/aromatic N) is 2. The molecule has 0 aliphatic carbocycles. The van der Waals surface area contributed by atoms with Gasteiger partial charge >= 0.3 is 0 Å². The molecule has 2 aromatic carbocycles. The van der Waals surface area contributed by atoms with E-state index in [9.17, 15) is 13.2 Å². The summed E-state index contributed by atoms with van der Waals surface area (Å²) in [5.41, 5.74) is 3.09. The number of hydrogen-bond acceptors (Lipinski definition) is 3. The van der Waals surface area contributed by atoms with E-state index >= 15 is 0 Å². The van der Waals surface area contributed by atoms with Crippen LogP contribution in [0.4, 0.5) is 0 Å². The van der Waals surface area contributed by atoms with Crippen molar-refractivity contribution >= 4 is 26.8 Å². The van der Waals surface area contributed by atoms with Crippen LogP contribution in [0.15, 0.2) is 59.6 Å². The summed E-state index contributed by atoms with van der Waals surface area (Å²) >= 11 is 0. The van der Waals surface area contributed by atoms with Gasteiger partial charge in [0.15, 0.2) is 0 Å². The van der Waals surface area contributed by atoms with Crippen LogP contribution >= 0.6 is 0 Å². The molecule has 1 aromatic heterocycles. The molecule has 1 N–H and O–H groups in total. The van der Waals surface area contributed by atoms with Crippen LogP contribution in [-0.2, 0) is 21.4 Å². The van der Waals surface area contributed by atoms with E-state index in [4.69, 9.17) is 0 Å². The Kier molecular flexibility index (Phi) is 6.67. The van der Waals surface area contributed by atoms with Gasteiger partial charge in [-0.15, -0.1) is 0 Å². The van der Waals surface area contributed by atoms with E-state index in [1.54, 1.807) is 16.4 Å². The molecular formula is C25H31N3O3S. The minimum Gasteiger partial charge on any atom is -0.350 e. The molecule has 4 rings (SSSR count). The molecule has 0 saturated carbocycles. The quantitative estimate of drug-likeness (QED) is 0.577. The Morgan fingerprint density at radius 1 is 1.06 bits per heavy atom. The van der Waals surface area contributed by atoms with Gasteiger partial charge < -0.3 is 9.88 Å². The molecule has 1 fully saturated rings. The summed E-state index contributed by atoms with van der Waals surface area (Å²) in [5.74, 6) is -0.0449. The molecule has 1 atom stereocenters. The SMILES string of the molecule is CCC(C(=O)NCc1cccc(C)c1)n1ccc2cc(S(=O)(=O)N3CCCCC3)ccc21. The standard InChI is InChI=1S/C25H31N3O3S/c1-3-23(25(29)26-18-20-9-7-8-19(2)16-20)28-15-12-21-17-22(10-11-24(21)28)32(30,31)27-13-5-4-6-14-27/h7-12,15-17,23H,3-6,13-14,18H2,1-2H3,(H,26,29). The van der Waals surface area contributed by atoms with E-state index in [1.807, 2.05) is 54.9 Å². The van der Waals surface area contributed by atoms with Gasteiger partial charge in [-0.1, -0.05) is 43.2 Å². The maximum atomic E-state index is 13.0. The third-order valence-corrected chi connectivity index (χ3v) is 8.11. The minimum absolute atomic E-state index is 0.0449. The van der Waals surface area contributed by atoms with E-state index in [-0.39, 0.29) is 11.9 Å². The summed E-state index contributed by atoms with van der Waals surface area (Å²) < 4.78 is 29.6. The molecular weight excluding hydrogens is 422 g/mol. The van der Waals surface area contributed by atoms with Crippen LogP contribution in [0.25, 0.3) is 10.9 Å². The van der Waals surface area contributed by atoms with Gasteiger partial charge in [0.25, 0.3) is 0 Å². The van der Waals surface area contributed by atoms with Crippen LogP contribution in [0, 0.1) is 6.92 Å². The molecule has 6 nitrogen and oxygen atoms in total. The Balaban J connectivity index is 1.54. The number of amides is 1. The van der Waals surface area contributed by atoms with Crippen molar-refractivity contribution in [2.24, 2.45) is 0 Å². The van der Waals surface area contributed by atoms with Crippen molar-refractivity contribution in [1.82, 2.24) is 14.2 Å². The molecule has 3 aromatic rings. The number of aryl methyl sites for hydroxylation is 1. The third kappa shape index (κ3) is 4.59. The molecule has 1 aliphatic heterocycles. The van der Waals surface area contributed by atoms with Crippen molar-refractivity contribution in [3.05, 3.63) is 65.9 Å². The number of benzene rings is 2. The van der Waals surface area contributed by atoms with Crippen LogP contribution in [0.2, 0.25) is 0 Å². The molecule has 7 heteroatoms. The Morgan fingerprint density at radius 3 is 2.56 bits per heavy atom. The largest absolute Gasteiger partial charge is 0.350 e. The molecule has 1 amide bonds. The van der Waals surface area contributed by atoms with E-state index in [2.05, 4.69) is 11.4 Å². The summed E-state index contributed by atoms with van der Waals surface area (Å²) in [7, 11) is -3.48. The number of nitrogens with one attached hydrogen (secondary N) is 1. The summed E-state index contributed by atoms with van der Waals surface area (Å²) in [6.45, 7) is 5.67. The molecule has 1 aliphatic rings. The van der Waals surface area contributed by atoms with E-state index < -0.39 is 10.0 Å². The summed E-state index contributed by atoms with van der Waals surface area (Å²) in [6, 6.07) is 14.8. The Labute approximate surface area is 190 Å². The highest BCUT2D eigenvalue weighted by Gasteiger charge is 2.27. The number of aromatic nitrogens is 1. The fourth-order valence-corrected chi connectivity index (χ4v) is 6.02. The van der Waals surface area contributed by atoms with Gasteiger partial charge in [0, 0.05) is 36.7 Å². The van der Waals surface area contributed by atoms with E-state index in [0.717, 1.165) is 41.3 Å². The highest BCUT2D eigenvalue weighted by molar-refractivity contribution is 7.89. The zero-order chi connectivity index (χ0) is 22.7. The molecule has 0 spiro atoms. The van der Waals surface area contributed by atoms with Gasteiger partial charge in [-0.05, 0) is 56.0 Å². The number of carbonyl (C=O) groups is 1. The van der Waals surface area contributed by atoms with Gasteiger partial charge in [0.05, 0.1) is 4.90 Å². The lowest BCUT2D eigenvalue weighted by atomic mass is 10.1. The second kappa shape index (κ2) is 9.46. The zero-order valence-electron chi connectivity index (χ0n) is 18.8. The van der Waals surface area contributed by atoms with Crippen LogP contribution in [0.1, 0.15) is 49.8 Å². The fourth-order valence-electron chi connectivity index (χ4n) is 4.47. The first-order valence-corrected chi connectivity index (χ1v) is 12.8. The first-order valence-electron chi connectivity index (χ1n) is 11.3. The minimum atomic E-state index is -3.48. The van der Waals surface area contributed by atoms with E-state index in [1.165, 1.54) is 0 Å². The lowest BCUT2D eigenvalue weighted by Gasteiger charge is -2.26. The van der Waals surface area contributed by atoms with Gasteiger partial charge in [0.1, 0.15) is 6.04 Å². The lowest BCUT2D eigenvalue weighted by Crippen LogP contribution is -2.35. The van der Waals surface area contributed by atoms with Crippen molar-refractivity contribution < 1.29 is 13.2 Å². The van der Waals surface area contributed by atoms with Crippen LogP contribution in [-0.4, -0.2) is 36.3 Å². The van der Waals surface area contributed by atoms with Gasteiger partial charge in [-0.25, -0.2) is 8.42 Å². The van der Waals surface area contributed by atoms with Crippen LogP contribution in [0.5, 0.6) is 0 Å². The molecule has 1 unspecified atom stereocenters. The maximum Gasteiger partial charge on any atom is 0.243 e. The molecule has 0 radical (unpaired) electrons. The second-order valence-electron chi connectivity index (χ2n) is 8.54. The van der Waals surface area contributed by atoms with Crippen molar-refractivity contribution in [2.75, 3.05) is 13.1 Å². The average molecular weight is 454 g/mol. The Hall–Kier alpha value is -2.64. The van der Waals surface area contributed by atoms with Gasteiger partial charge in [0.2, 0.25) is 15.9 Å². The van der Waals surface area contributed by atoms with Gasteiger partial charge in [-0.3, -0.25) is 4.79 Å². The van der Waals surface area contributed by atoms with E-state index in [0.29, 0.717) is 31.0 Å². The Bertz CT molecular complexity index is 1210. The predicted octanol–water partition coefficient (Wildman–Crippen LogP) is 4.39. The summed E-state index contributed by atoms with van der Waals surface area (Å²) in [5, 5.41) is 3.87. The third-order valence-electron chi connectivity index (χ3n) is 6.22. The Morgan fingerprint density at radius 2 is 1.84 bits per heavy atom. The molecule has 170 valence electrons. The maximum absolute atomic E-state index is 13.0. The normalized spacial score (nSPS) is 16.2. The second-order valence-corrected chi connectivity index (χ2v) is 10.5. The lowest BCUT2D eigenvalue weighted by molar-refractivity contribution is -0.124. The zero-order valence-corrected chi connectivity index (χ0v) is 19.6. The molecule has 0 bridgehead atoms. The first-order chi connectivity index (χ1) is 15.4. The number of hydrogen-bond donors (Lipinski definition) is 1. The van der Waals surface area contributed by atoms with Crippen LogP contribution < -0.4 is 5.32 Å². The summed E-state index contributed by atoms with van der Waals surface area (Å²) in [6.07, 6.45) is 5.42. The highest BCUT2D eigenvalue weighted by Crippen LogP contribution is 2.27. The number of carbonyl (C=O) groups excluding carboxylic acids is 1. The van der Waals surface area contributed by atoms with Crippen molar-refractivity contribution in [2.45, 2.75) is 57.0 Å². The molecule has 2 heterocycles. The number of piperidine rings is 1. The average Bonchev–Trinajstić information content (AvgIpc) is 3.22. The number of sulfonamides is 1. The topological polar surface area (TPSA) is 71.4 Å². The smallest absolute Gasteiger partial charge is 0.243 e.